The standard InChI is InChI=1S/C6H12O7.2H2O.O.Sn/c7-1-2(8)3(9)4(10)5(11)6(12)13;;;;/h2-5,7-11H,1H2,(H,12,13);2*1H2;;/q;;;;+2/p-2/t2-,3-,4+,5-;;;;/m1..../s1. The van der Waals surface area contributed by atoms with Crippen LogP contribution in [0.2, 0.25) is 0 Å². The van der Waals surface area contributed by atoms with Crippen molar-refractivity contribution < 1.29 is 45.4 Å². The van der Waals surface area contributed by atoms with Crippen molar-refractivity contribution >= 4 is 26.5 Å². The number of carboxylic acid groups (broad SMARTS) is 1. The third-order valence-electron chi connectivity index (χ3n) is 1.51. The van der Waals surface area contributed by atoms with Gasteiger partial charge in [-0.15, -0.1) is 0 Å². The Morgan fingerprint density at radius 3 is 1.65 bits per heavy atom. The fourth-order valence-corrected chi connectivity index (χ4v) is 0.668. The Bertz CT molecular complexity index is 241. The molecule has 0 aliphatic heterocycles. The van der Waals surface area contributed by atoms with Crippen LogP contribution in [0.3, 0.4) is 0 Å². The van der Waals surface area contributed by atoms with Gasteiger partial charge in [0, 0.05) is 0 Å². The van der Waals surface area contributed by atoms with Gasteiger partial charge in [0.05, 0.1) is 6.61 Å². The molecule has 0 aliphatic rings. The number of hydrogen-bond donors (Lipinski definition) is 8. The van der Waals surface area contributed by atoms with Crippen LogP contribution >= 0.6 is 0 Å². The van der Waals surface area contributed by atoms with E-state index in [2.05, 4.69) is 0 Å². The molecule has 0 aliphatic carbocycles. The SMILES string of the molecule is O=C(O)[C@H](O)[C@@H](O)[C@H](O)[C@H](O)CO.[O]=[Sn]([OH])[OH]. The fraction of sp³-hybridized carbons (Fsp3) is 0.833. The summed E-state index contributed by atoms with van der Waals surface area (Å²) in [6, 6.07) is 0. The molecule has 0 rings (SSSR count). The second-order valence-corrected chi connectivity index (χ2v) is 4.41. The number of aliphatic carboxylic acids is 1. The Labute approximate surface area is 103 Å². The second kappa shape index (κ2) is 9.78. The van der Waals surface area contributed by atoms with Crippen LogP contribution in [0, 0.1) is 0 Å². The Kier molecular flexibility index (Phi) is 11.0. The zero-order valence-electron chi connectivity index (χ0n) is 8.41. The van der Waals surface area contributed by atoms with Crippen molar-refractivity contribution in [2.24, 2.45) is 0 Å². The molecule has 0 spiro atoms. The van der Waals surface area contributed by atoms with Gasteiger partial charge in [0.25, 0.3) is 0 Å². The van der Waals surface area contributed by atoms with E-state index < -0.39 is 57.6 Å². The van der Waals surface area contributed by atoms with E-state index >= 15 is 0 Å². The molecule has 17 heavy (non-hydrogen) atoms. The summed E-state index contributed by atoms with van der Waals surface area (Å²) in [4.78, 5) is 10.1. The summed E-state index contributed by atoms with van der Waals surface area (Å²) in [6.07, 6.45) is -7.84. The predicted octanol–water partition coefficient (Wildman–Crippen LogP) is -5.11. The molecule has 4 atom stereocenters. The van der Waals surface area contributed by atoms with E-state index in [1.165, 1.54) is 0 Å². The molecule has 0 saturated heterocycles. The monoisotopic (exact) mass is 366 g/mol. The molecule has 0 unspecified atom stereocenters. The van der Waals surface area contributed by atoms with Gasteiger partial charge in [0.15, 0.2) is 6.10 Å². The molecule has 10 nitrogen and oxygen atoms in total. The molecule has 102 valence electrons. The first kappa shape index (κ1) is 19.1. The number of rotatable bonds is 5. The minimum atomic E-state index is -3.79. The van der Waals surface area contributed by atoms with E-state index in [1.807, 2.05) is 0 Å². The van der Waals surface area contributed by atoms with Crippen LogP contribution in [0.25, 0.3) is 0 Å². The molecule has 0 aromatic rings. The third kappa shape index (κ3) is 9.49. The van der Waals surface area contributed by atoms with Crippen molar-refractivity contribution in [2.75, 3.05) is 6.61 Å². The minimum absolute atomic E-state index is 0.843. The third-order valence-corrected chi connectivity index (χ3v) is 1.51. The Hall–Kier alpha value is -0.211. The molecule has 0 radical (unpaired) electrons. The molecule has 0 fully saturated rings. The average Bonchev–Trinajstić information content (AvgIpc) is 2.23. The fourth-order valence-electron chi connectivity index (χ4n) is 0.668. The predicted molar refractivity (Wildman–Crippen MR) is 49.6 cm³/mol. The van der Waals surface area contributed by atoms with Crippen molar-refractivity contribution in [3.8, 4) is 0 Å². The van der Waals surface area contributed by atoms with Crippen molar-refractivity contribution in [1.82, 2.24) is 0 Å². The quantitative estimate of drug-likeness (QED) is 0.218. The molecule has 0 aromatic carbocycles. The van der Waals surface area contributed by atoms with Gasteiger partial charge < -0.3 is 30.6 Å². The molecule has 8 N–H and O–H groups in total. The van der Waals surface area contributed by atoms with Crippen LogP contribution in [0.1, 0.15) is 0 Å². The van der Waals surface area contributed by atoms with Crippen LogP contribution < -0.4 is 0 Å². The zero-order valence-corrected chi connectivity index (χ0v) is 11.3. The van der Waals surface area contributed by atoms with Crippen LogP contribution in [-0.2, 0) is 7.87 Å². The van der Waals surface area contributed by atoms with E-state index in [1.54, 1.807) is 0 Å². The summed E-state index contributed by atoms with van der Waals surface area (Å²) in [6.45, 7) is -0.843. The van der Waals surface area contributed by atoms with Gasteiger partial charge >= 0.3 is 36.5 Å². The van der Waals surface area contributed by atoms with Crippen LogP contribution in [0.15, 0.2) is 0 Å². The Morgan fingerprint density at radius 1 is 1.06 bits per heavy atom. The molecule has 0 heterocycles. The molecule has 0 amide bonds. The van der Waals surface area contributed by atoms with Crippen molar-refractivity contribution in [2.45, 2.75) is 24.4 Å². The number of aliphatic hydroxyl groups excluding tert-OH is 5. The van der Waals surface area contributed by atoms with E-state index in [-0.39, 0.29) is 0 Å². The zero-order chi connectivity index (χ0) is 14.2. The average molecular weight is 365 g/mol. The topological polar surface area (TPSA) is 196 Å². The van der Waals surface area contributed by atoms with Gasteiger partial charge in [-0.3, -0.25) is 0 Å². The summed E-state index contributed by atoms with van der Waals surface area (Å²) < 4.78 is 23.3. The number of hydrogen-bond acceptors (Lipinski definition) is 7. The number of carbonyl (C=O) groups is 1. The van der Waals surface area contributed by atoms with Gasteiger partial charge in [-0.25, -0.2) is 4.79 Å². The first-order valence-corrected chi connectivity index (χ1v) is 7.84. The van der Waals surface area contributed by atoms with Gasteiger partial charge in [-0.1, -0.05) is 0 Å². The van der Waals surface area contributed by atoms with Gasteiger partial charge in [-0.05, 0) is 0 Å². The van der Waals surface area contributed by atoms with Crippen molar-refractivity contribution in [1.29, 1.82) is 0 Å². The summed E-state index contributed by atoms with van der Waals surface area (Å²) in [5.41, 5.74) is 0. The molecule has 0 saturated carbocycles. The van der Waals surface area contributed by atoms with Crippen molar-refractivity contribution in [3.05, 3.63) is 0 Å². The van der Waals surface area contributed by atoms with E-state index in [0.717, 1.165) is 0 Å². The summed E-state index contributed by atoms with van der Waals surface area (Å²) in [5.74, 6) is -1.73. The van der Waals surface area contributed by atoms with E-state index in [0.29, 0.717) is 0 Å². The molecular weight excluding hydrogens is 351 g/mol. The molecular formula is C6H14O10Sn. The van der Waals surface area contributed by atoms with Crippen LogP contribution in [0.5, 0.6) is 0 Å². The maximum absolute atomic E-state index is 10.1. The molecule has 0 bridgehead atoms. The number of aliphatic hydroxyl groups is 5. The number of carboxylic acids is 1. The summed E-state index contributed by atoms with van der Waals surface area (Å²) >= 11 is -3.79. The van der Waals surface area contributed by atoms with Crippen molar-refractivity contribution in [3.63, 3.8) is 0 Å². The molecule has 0 aromatic heterocycles. The van der Waals surface area contributed by atoms with E-state index in [9.17, 15) is 4.79 Å². The van der Waals surface area contributed by atoms with Gasteiger partial charge in [0.1, 0.15) is 18.3 Å². The first-order chi connectivity index (χ1) is 7.64. The summed E-state index contributed by atoms with van der Waals surface area (Å²) in [5, 5.41) is 51.8. The normalized spacial score (nSPS) is 17.1. The Balaban J connectivity index is 0. The van der Waals surface area contributed by atoms with E-state index in [4.69, 9.17) is 40.6 Å². The van der Waals surface area contributed by atoms with Crippen LogP contribution in [0.4, 0.5) is 0 Å². The first-order valence-electron chi connectivity index (χ1n) is 4.13. The summed E-state index contributed by atoms with van der Waals surface area (Å²) in [7, 11) is 0. The second-order valence-electron chi connectivity index (χ2n) is 2.80. The van der Waals surface area contributed by atoms with Gasteiger partial charge in [-0.2, -0.15) is 0 Å². The maximum atomic E-state index is 10.1. The molecule has 11 heteroatoms. The Morgan fingerprint density at radius 2 is 1.41 bits per heavy atom. The van der Waals surface area contributed by atoms with Gasteiger partial charge in [0.2, 0.25) is 0 Å². The van der Waals surface area contributed by atoms with Crippen LogP contribution in [-0.4, -0.2) is 95.1 Å².